The Hall–Kier alpha value is -2.06. The van der Waals surface area contributed by atoms with Crippen LogP contribution in [0.15, 0.2) is 18.2 Å². The van der Waals surface area contributed by atoms with E-state index in [2.05, 4.69) is 5.32 Å². The molecule has 0 bridgehead atoms. The Bertz CT molecular complexity index is 602. The number of nitrogens with one attached hydrogen (secondary N) is 1. The van der Waals surface area contributed by atoms with Crippen LogP contribution in [-0.2, 0) is 4.79 Å². The maximum atomic E-state index is 11.9. The van der Waals surface area contributed by atoms with Crippen LogP contribution >= 0.6 is 0 Å². The highest BCUT2D eigenvalue weighted by Gasteiger charge is 2.44. The van der Waals surface area contributed by atoms with E-state index >= 15 is 0 Å². The lowest BCUT2D eigenvalue weighted by molar-refractivity contribution is -0.129. The van der Waals surface area contributed by atoms with Gasteiger partial charge in [-0.2, -0.15) is 5.26 Å². The van der Waals surface area contributed by atoms with E-state index in [1.807, 2.05) is 19.9 Å². The van der Waals surface area contributed by atoms with Crippen molar-refractivity contribution in [3.8, 4) is 11.8 Å². The van der Waals surface area contributed by atoms with Gasteiger partial charge in [0.1, 0.15) is 17.5 Å². The molecule has 21 heavy (non-hydrogen) atoms. The molecular weight excluding hydrogens is 268 g/mol. The van der Waals surface area contributed by atoms with Gasteiger partial charge < -0.3 is 15.2 Å². The Balaban J connectivity index is 2.39. The minimum atomic E-state index is -0.917. The van der Waals surface area contributed by atoms with Gasteiger partial charge in [0.25, 0.3) is 0 Å². The zero-order chi connectivity index (χ0) is 15.8. The molecule has 1 aliphatic rings. The van der Waals surface area contributed by atoms with Crippen molar-refractivity contribution in [1.82, 2.24) is 5.32 Å². The molecule has 112 valence electrons. The zero-order valence-corrected chi connectivity index (χ0v) is 12.7. The average Bonchev–Trinajstić information content (AvgIpc) is 2.42. The van der Waals surface area contributed by atoms with Gasteiger partial charge in [-0.25, -0.2) is 0 Å². The van der Waals surface area contributed by atoms with Gasteiger partial charge in [-0.15, -0.1) is 0 Å². The number of benzene rings is 1. The third-order valence-corrected chi connectivity index (χ3v) is 3.72. The molecule has 1 aromatic carbocycles. The Kier molecular flexibility index (Phi) is 3.93. The number of hydrogen-bond donors (Lipinski definition) is 2. The number of ether oxygens (including phenoxy) is 1. The third kappa shape index (κ3) is 2.86. The molecule has 0 unspecified atom stereocenters. The summed E-state index contributed by atoms with van der Waals surface area (Å²) in [4.78, 5) is 11.9. The monoisotopic (exact) mass is 288 g/mol. The second-order valence-corrected chi connectivity index (χ2v) is 6.16. The summed E-state index contributed by atoms with van der Waals surface area (Å²) >= 11 is 0. The zero-order valence-electron chi connectivity index (χ0n) is 12.7. The van der Waals surface area contributed by atoms with Gasteiger partial charge in [0.05, 0.1) is 17.7 Å². The molecule has 0 aliphatic carbocycles. The van der Waals surface area contributed by atoms with Gasteiger partial charge in [0, 0.05) is 11.5 Å². The highest BCUT2D eigenvalue weighted by Crippen LogP contribution is 2.40. The van der Waals surface area contributed by atoms with Crippen LogP contribution in [-0.4, -0.2) is 22.7 Å². The van der Waals surface area contributed by atoms with Crippen molar-refractivity contribution in [3.63, 3.8) is 0 Å². The average molecular weight is 288 g/mol. The second kappa shape index (κ2) is 5.38. The van der Waals surface area contributed by atoms with Gasteiger partial charge in [0.15, 0.2) is 0 Å². The van der Waals surface area contributed by atoms with Gasteiger partial charge in [0.2, 0.25) is 5.91 Å². The van der Waals surface area contributed by atoms with Crippen molar-refractivity contribution < 1.29 is 14.6 Å². The molecule has 1 amide bonds. The Labute approximate surface area is 124 Å². The topological polar surface area (TPSA) is 82.4 Å². The molecule has 2 rings (SSSR count). The fourth-order valence-corrected chi connectivity index (χ4v) is 2.42. The molecule has 1 heterocycles. The number of aliphatic hydroxyl groups excluding tert-OH is 1. The molecule has 2 atom stereocenters. The first kappa shape index (κ1) is 15.3. The Morgan fingerprint density at radius 2 is 2.14 bits per heavy atom. The fourth-order valence-electron chi connectivity index (χ4n) is 2.42. The number of nitriles is 1. The molecule has 0 radical (unpaired) electrons. The van der Waals surface area contributed by atoms with E-state index in [0.29, 0.717) is 16.9 Å². The molecule has 0 saturated heterocycles. The summed E-state index contributed by atoms with van der Waals surface area (Å²) in [5.74, 6) is 0.219. The van der Waals surface area contributed by atoms with E-state index < -0.39 is 17.7 Å². The summed E-state index contributed by atoms with van der Waals surface area (Å²) in [5, 5.41) is 22.4. The number of hydrogen-bond acceptors (Lipinski definition) is 4. The lowest BCUT2D eigenvalue weighted by Crippen LogP contribution is -2.58. The van der Waals surface area contributed by atoms with E-state index in [4.69, 9.17) is 10.00 Å². The highest BCUT2D eigenvalue weighted by molar-refractivity contribution is 5.78. The van der Waals surface area contributed by atoms with E-state index in [9.17, 15) is 9.90 Å². The number of carbonyl (C=O) groups is 1. The fraction of sp³-hybridized carbons (Fsp3) is 0.500. The first-order valence-electron chi connectivity index (χ1n) is 6.97. The van der Waals surface area contributed by atoms with Gasteiger partial charge in [-0.1, -0.05) is 13.8 Å². The molecule has 5 heteroatoms. The number of amides is 1. The molecular formula is C16H20N2O3. The summed E-state index contributed by atoms with van der Waals surface area (Å²) < 4.78 is 5.90. The molecule has 0 spiro atoms. The summed E-state index contributed by atoms with van der Waals surface area (Å²) in [6.07, 6.45) is -0.917. The van der Waals surface area contributed by atoms with Crippen molar-refractivity contribution in [1.29, 1.82) is 5.26 Å². The first-order chi connectivity index (χ1) is 9.76. The van der Waals surface area contributed by atoms with Crippen LogP contribution in [0.4, 0.5) is 0 Å². The minimum Gasteiger partial charge on any atom is -0.485 e. The van der Waals surface area contributed by atoms with Gasteiger partial charge in [-0.05, 0) is 32.0 Å². The first-order valence-corrected chi connectivity index (χ1v) is 6.97. The van der Waals surface area contributed by atoms with E-state index in [0.717, 1.165) is 0 Å². The summed E-state index contributed by atoms with van der Waals surface area (Å²) in [5.41, 5.74) is 0.234. The van der Waals surface area contributed by atoms with Crippen LogP contribution in [0.1, 0.15) is 44.9 Å². The third-order valence-electron chi connectivity index (χ3n) is 3.72. The summed E-state index contributed by atoms with van der Waals surface area (Å²) in [6, 6.07) is 6.39. The van der Waals surface area contributed by atoms with Crippen molar-refractivity contribution in [2.75, 3.05) is 0 Å². The molecule has 0 fully saturated rings. The standard InChI is InChI=1S/C16H20N2O3/c1-9(2)15(20)18-14-13(19)11-7-10(8-17)5-6-12(11)21-16(14,3)4/h5-7,9,13-14,19H,1-4H3,(H,18,20)/t13-,14+/m1/s1. The van der Waals surface area contributed by atoms with E-state index in [1.165, 1.54) is 0 Å². The molecule has 5 nitrogen and oxygen atoms in total. The van der Waals surface area contributed by atoms with Crippen LogP contribution < -0.4 is 10.1 Å². The normalized spacial score (nSPS) is 22.9. The Morgan fingerprint density at radius 1 is 1.48 bits per heavy atom. The van der Waals surface area contributed by atoms with Crippen molar-refractivity contribution in [2.45, 2.75) is 45.4 Å². The Morgan fingerprint density at radius 3 is 2.71 bits per heavy atom. The summed E-state index contributed by atoms with van der Waals surface area (Å²) in [7, 11) is 0. The number of aliphatic hydroxyl groups is 1. The lowest BCUT2D eigenvalue weighted by Gasteiger charge is -2.43. The number of carbonyl (C=O) groups excluding carboxylic acids is 1. The van der Waals surface area contributed by atoms with E-state index in [1.54, 1.807) is 32.0 Å². The maximum absolute atomic E-state index is 11.9. The minimum absolute atomic E-state index is 0.143. The number of fused-ring (bicyclic) bond motifs is 1. The summed E-state index contributed by atoms with van der Waals surface area (Å²) in [6.45, 7) is 7.23. The SMILES string of the molecule is CC(C)C(=O)N[C@H]1[C@H](O)c2cc(C#N)ccc2OC1(C)C. The van der Waals surface area contributed by atoms with Crippen LogP contribution in [0.25, 0.3) is 0 Å². The van der Waals surface area contributed by atoms with Gasteiger partial charge >= 0.3 is 0 Å². The van der Waals surface area contributed by atoms with Crippen LogP contribution in [0, 0.1) is 17.2 Å². The van der Waals surface area contributed by atoms with Crippen LogP contribution in [0.5, 0.6) is 5.75 Å². The highest BCUT2D eigenvalue weighted by atomic mass is 16.5. The molecule has 2 N–H and O–H groups in total. The number of nitrogens with zero attached hydrogens (tertiary/aromatic N) is 1. The van der Waals surface area contributed by atoms with Gasteiger partial charge in [-0.3, -0.25) is 4.79 Å². The predicted octanol–water partition coefficient (Wildman–Crippen LogP) is 1.90. The maximum Gasteiger partial charge on any atom is 0.223 e. The quantitative estimate of drug-likeness (QED) is 0.870. The van der Waals surface area contributed by atoms with Crippen molar-refractivity contribution in [2.24, 2.45) is 5.92 Å². The van der Waals surface area contributed by atoms with Crippen molar-refractivity contribution >= 4 is 5.91 Å². The second-order valence-electron chi connectivity index (χ2n) is 6.16. The molecule has 1 aliphatic heterocycles. The largest absolute Gasteiger partial charge is 0.485 e. The van der Waals surface area contributed by atoms with E-state index in [-0.39, 0.29) is 11.8 Å². The van der Waals surface area contributed by atoms with Crippen LogP contribution in [0.3, 0.4) is 0 Å². The number of rotatable bonds is 2. The molecule has 0 aromatic heterocycles. The smallest absolute Gasteiger partial charge is 0.223 e. The predicted molar refractivity (Wildman–Crippen MR) is 77.6 cm³/mol. The lowest BCUT2D eigenvalue weighted by atomic mass is 9.85. The molecule has 1 aromatic rings. The van der Waals surface area contributed by atoms with Crippen LogP contribution in [0.2, 0.25) is 0 Å². The molecule has 0 saturated carbocycles. The van der Waals surface area contributed by atoms with Crippen molar-refractivity contribution in [3.05, 3.63) is 29.3 Å².